The molecule has 0 aliphatic heterocycles. The standard InChI is InChI=1S/C15H22ClNO.ClH/c1-11(18-3)14(2,17)15(9-4-10-15)12-5-7-13(16)8-6-12;/h5-8,11H,4,9-10,17H2,1-3H3;1H. The topological polar surface area (TPSA) is 35.2 Å². The van der Waals surface area contributed by atoms with E-state index >= 15 is 0 Å². The van der Waals surface area contributed by atoms with E-state index < -0.39 is 0 Å². The Morgan fingerprint density at radius 2 is 1.84 bits per heavy atom. The number of hydrogen-bond acceptors (Lipinski definition) is 2. The first-order chi connectivity index (χ1) is 8.44. The van der Waals surface area contributed by atoms with Crippen LogP contribution in [0.2, 0.25) is 5.02 Å². The summed E-state index contributed by atoms with van der Waals surface area (Å²) in [4.78, 5) is 0. The van der Waals surface area contributed by atoms with Crippen LogP contribution in [0.15, 0.2) is 24.3 Å². The largest absolute Gasteiger partial charge is 0.380 e. The first-order valence-corrected chi connectivity index (χ1v) is 6.89. The van der Waals surface area contributed by atoms with Gasteiger partial charge in [-0.1, -0.05) is 30.2 Å². The van der Waals surface area contributed by atoms with Crippen LogP contribution < -0.4 is 5.73 Å². The van der Waals surface area contributed by atoms with Crippen LogP contribution in [0.1, 0.15) is 38.7 Å². The highest BCUT2D eigenvalue weighted by Crippen LogP contribution is 2.51. The van der Waals surface area contributed by atoms with Gasteiger partial charge < -0.3 is 10.5 Å². The first kappa shape index (κ1) is 16.8. The summed E-state index contributed by atoms with van der Waals surface area (Å²) in [7, 11) is 1.73. The second kappa shape index (κ2) is 6.01. The summed E-state index contributed by atoms with van der Waals surface area (Å²) in [6.45, 7) is 4.16. The summed E-state index contributed by atoms with van der Waals surface area (Å²) in [6.07, 6.45) is 3.49. The molecule has 1 aliphatic carbocycles. The van der Waals surface area contributed by atoms with Crippen molar-refractivity contribution in [2.24, 2.45) is 5.73 Å². The highest BCUT2D eigenvalue weighted by molar-refractivity contribution is 6.30. The third-order valence-electron chi connectivity index (χ3n) is 4.83. The van der Waals surface area contributed by atoms with Gasteiger partial charge in [0.2, 0.25) is 0 Å². The van der Waals surface area contributed by atoms with E-state index in [4.69, 9.17) is 22.1 Å². The van der Waals surface area contributed by atoms with Gasteiger partial charge in [-0.15, -0.1) is 12.4 Å². The minimum absolute atomic E-state index is 0. The van der Waals surface area contributed by atoms with Crippen LogP contribution >= 0.6 is 24.0 Å². The van der Waals surface area contributed by atoms with Crippen LogP contribution in [-0.4, -0.2) is 18.8 Å². The van der Waals surface area contributed by atoms with Gasteiger partial charge in [0.1, 0.15) is 0 Å². The molecule has 1 fully saturated rings. The lowest BCUT2D eigenvalue weighted by Crippen LogP contribution is -2.65. The van der Waals surface area contributed by atoms with Gasteiger partial charge in [-0.2, -0.15) is 0 Å². The number of halogens is 2. The van der Waals surface area contributed by atoms with E-state index in [0.717, 1.165) is 17.9 Å². The molecular formula is C15H23Cl2NO. The average molecular weight is 304 g/mol. The Morgan fingerprint density at radius 1 is 1.32 bits per heavy atom. The smallest absolute Gasteiger partial charge is 0.0728 e. The summed E-state index contributed by atoms with van der Waals surface area (Å²) in [5, 5.41) is 0.770. The third-order valence-corrected chi connectivity index (χ3v) is 5.09. The summed E-state index contributed by atoms with van der Waals surface area (Å²) in [6, 6.07) is 8.11. The molecule has 0 aromatic heterocycles. The van der Waals surface area contributed by atoms with E-state index in [9.17, 15) is 0 Å². The molecule has 0 spiro atoms. The van der Waals surface area contributed by atoms with Gasteiger partial charge >= 0.3 is 0 Å². The normalized spacial score (nSPS) is 21.7. The summed E-state index contributed by atoms with van der Waals surface area (Å²) in [5.74, 6) is 0. The van der Waals surface area contributed by atoms with Gasteiger partial charge in [0.25, 0.3) is 0 Å². The molecule has 1 aromatic rings. The molecule has 1 saturated carbocycles. The molecule has 1 aliphatic rings. The van der Waals surface area contributed by atoms with Crippen LogP contribution in [0.4, 0.5) is 0 Å². The molecule has 0 heterocycles. The Morgan fingerprint density at radius 3 is 2.21 bits per heavy atom. The Bertz CT molecular complexity index is 413. The minimum Gasteiger partial charge on any atom is -0.380 e. The summed E-state index contributed by atoms with van der Waals surface area (Å²) < 4.78 is 5.49. The molecule has 2 atom stereocenters. The zero-order valence-corrected chi connectivity index (χ0v) is 13.4. The van der Waals surface area contributed by atoms with Crippen molar-refractivity contribution < 1.29 is 4.74 Å². The Kier molecular flexibility index (Phi) is 5.30. The van der Waals surface area contributed by atoms with Gasteiger partial charge in [0.05, 0.1) is 6.10 Å². The van der Waals surface area contributed by atoms with Crippen molar-refractivity contribution in [1.29, 1.82) is 0 Å². The summed E-state index contributed by atoms with van der Waals surface area (Å²) >= 11 is 5.97. The predicted molar refractivity (Wildman–Crippen MR) is 83.3 cm³/mol. The molecule has 2 rings (SSSR count). The highest BCUT2D eigenvalue weighted by atomic mass is 35.5. The lowest BCUT2D eigenvalue weighted by Gasteiger charge is -2.55. The molecule has 108 valence electrons. The maximum atomic E-state index is 6.62. The number of methoxy groups -OCH3 is 1. The average Bonchev–Trinajstić information content (AvgIpc) is 2.28. The van der Waals surface area contributed by atoms with Gasteiger partial charge in [-0.3, -0.25) is 0 Å². The lowest BCUT2D eigenvalue weighted by atomic mass is 9.53. The fourth-order valence-electron chi connectivity index (χ4n) is 3.07. The number of ether oxygens (including phenoxy) is 1. The van der Waals surface area contributed by atoms with Crippen LogP contribution in [0.5, 0.6) is 0 Å². The molecule has 0 radical (unpaired) electrons. The van der Waals surface area contributed by atoms with Crippen molar-refractivity contribution >= 4 is 24.0 Å². The van der Waals surface area contributed by atoms with Crippen LogP contribution in [0.25, 0.3) is 0 Å². The van der Waals surface area contributed by atoms with Crippen molar-refractivity contribution in [2.75, 3.05) is 7.11 Å². The number of rotatable bonds is 4. The highest BCUT2D eigenvalue weighted by Gasteiger charge is 2.53. The fraction of sp³-hybridized carbons (Fsp3) is 0.600. The number of benzene rings is 1. The molecule has 2 unspecified atom stereocenters. The molecule has 0 amide bonds. The monoisotopic (exact) mass is 303 g/mol. The number of nitrogens with two attached hydrogens (primary N) is 1. The zero-order valence-electron chi connectivity index (χ0n) is 11.8. The molecule has 2 N–H and O–H groups in total. The zero-order chi connectivity index (χ0) is 13.4. The van der Waals surface area contributed by atoms with Crippen molar-refractivity contribution in [3.05, 3.63) is 34.9 Å². The molecular weight excluding hydrogens is 281 g/mol. The molecule has 0 saturated heterocycles. The van der Waals surface area contributed by atoms with Crippen molar-refractivity contribution in [1.82, 2.24) is 0 Å². The van der Waals surface area contributed by atoms with Crippen LogP contribution in [0, 0.1) is 0 Å². The van der Waals surface area contributed by atoms with E-state index in [0.29, 0.717) is 0 Å². The minimum atomic E-state index is -0.367. The number of hydrogen-bond donors (Lipinski definition) is 1. The SMILES string of the molecule is COC(C)C(C)(N)C1(c2ccc(Cl)cc2)CCC1.Cl. The molecule has 19 heavy (non-hydrogen) atoms. The van der Waals surface area contributed by atoms with Crippen molar-refractivity contribution in [3.63, 3.8) is 0 Å². The third kappa shape index (κ3) is 2.64. The second-order valence-electron chi connectivity index (χ2n) is 5.60. The predicted octanol–water partition coefficient (Wildman–Crippen LogP) is 3.94. The van der Waals surface area contributed by atoms with E-state index in [-0.39, 0.29) is 29.5 Å². The maximum absolute atomic E-state index is 6.62. The van der Waals surface area contributed by atoms with Gasteiger partial charge in [-0.05, 0) is 44.4 Å². The Balaban J connectivity index is 0.00000180. The van der Waals surface area contributed by atoms with Gasteiger partial charge in [0, 0.05) is 23.1 Å². The van der Waals surface area contributed by atoms with Gasteiger partial charge in [-0.25, -0.2) is 0 Å². The lowest BCUT2D eigenvalue weighted by molar-refractivity contribution is -0.0134. The van der Waals surface area contributed by atoms with E-state index in [1.807, 2.05) is 12.1 Å². The molecule has 4 heteroatoms. The first-order valence-electron chi connectivity index (χ1n) is 6.52. The van der Waals surface area contributed by atoms with Gasteiger partial charge in [0.15, 0.2) is 0 Å². The fourth-order valence-corrected chi connectivity index (χ4v) is 3.20. The molecule has 2 nitrogen and oxygen atoms in total. The maximum Gasteiger partial charge on any atom is 0.0728 e. The molecule has 1 aromatic carbocycles. The van der Waals surface area contributed by atoms with E-state index in [1.54, 1.807) is 7.11 Å². The van der Waals surface area contributed by atoms with Crippen molar-refractivity contribution in [3.8, 4) is 0 Å². The Hall–Kier alpha value is -0.280. The second-order valence-corrected chi connectivity index (χ2v) is 6.04. The van der Waals surface area contributed by atoms with E-state index in [2.05, 4.69) is 26.0 Å². The summed E-state index contributed by atoms with van der Waals surface area (Å²) in [5.41, 5.74) is 7.56. The van der Waals surface area contributed by atoms with Crippen LogP contribution in [-0.2, 0) is 10.2 Å². The molecule has 0 bridgehead atoms. The van der Waals surface area contributed by atoms with Crippen LogP contribution in [0.3, 0.4) is 0 Å². The van der Waals surface area contributed by atoms with Crippen molar-refractivity contribution in [2.45, 2.75) is 50.2 Å². The quantitative estimate of drug-likeness (QED) is 0.914. The Labute approximate surface area is 127 Å². The van der Waals surface area contributed by atoms with E-state index in [1.165, 1.54) is 12.0 Å².